The van der Waals surface area contributed by atoms with Crippen molar-refractivity contribution in [3.63, 3.8) is 0 Å². The van der Waals surface area contributed by atoms with E-state index in [1.807, 2.05) is 32.9 Å². The first kappa shape index (κ1) is 19.8. The summed E-state index contributed by atoms with van der Waals surface area (Å²) in [5.41, 5.74) is 2.49. The highest BCUT2D eigenvalue weighted by atomic mass is 14.0. The zero-order valence-corrected chi connectivity index (χ0v) is 13.5. The first-order valence-electron chi connectivity index (χ1n) is 7.25. The quantitative estimate of drug-likeness (QED) is 0.473. The summed E-state index contributed by atoms with van der Waals surface area (Å²) in [7, 11) is 0. The van der Waals surface area contributed by atoms with Crippen molar-refractivity contribution >= 4 is 0 Å². The van der Waals surface area contributed by atoms with E-state index in [0.29, 0.717) is 0 Å². The van der Waals surface area contributed by atoms with Gasteiger partial charge in [-0.1, -0.05) is 81.5 Å². The minimum absolute atomic E-state index is 1.08. The topological polar surface area (TPSA) is 0 Å². The Hall–Kier alpha value is -1.56. The van der Waals surface area contributed by atoms with Gasteiger partial charge in [-0.25, -0.2) is 0 Å². The van der Waals surface area contributed by atoms with Crippen LogP contribution in [0.25, 0.3) is 0 Å². The Labute approximate surface area is 120 Å². The number of rotatable bonds is 6. The lowest BCUT2D eigenvalue weighted by Crippen LogP contribution is -1.81. The van der Waals surface area contributed by atoms with E-state index in [9.17, 15) is 0 Å². The Bertz CT molecular complexity index is 357. The molecule has 0 spiro atoms. The molecule has 0 aliphatic heterocycles. The Morgan fingerprint density at radius 2 is 1.21 bits per heavy atom. The smallest absolute Gasteiger partial charge is 0.0230 e. The molecule has 0 radical (unpaired) electrons. The summed E-state index contributed by atoms with van der Waals surface area (Å²) in [5.74, 6) is 0. The van der Waals surface area contributed by atoms with Gasteiger partial charge < -0.3 is 0 Å². The molecule has 0 unspecified atom stereocenters. The normalized spacial score (nSPS) is 13.8. The van der Waals surface area contributed by atoms with E-state index in [0.717, 1.165) is 6.42 Å². The molecule has 0 aromatic heterocycles. The van der Waals surface area contributed by atoms with Crippen LogP contribution in [0.4, 0.5) is 0 Å². The van der Waals surface area contributed by atoms with Crippen LogP contribution >= 0.6 is 0 Å². The third-order valence-corrected chi connectivity index (χ3v) is 2.29. The molecule has 0 saturated heterocycles. The lowest BCUT2D eigenvalue weighted by atomic mass is 10.0. The first-order valence-corrected chi connectivity index (χ1v) is 7.25. The van der Waals surface area contributed by atoms with Crippen molar-refractivity contribution in [3.8, 4) is 0 Å². The van der Waals surface area contributed by atoms with Crippen LogP contribution in [0.15, 0.2) is 71.9 Å². The molecule has 0 aliphatic carbocycles. The van der Waals surface area contributed by atoms with Gasteiger partial charge in [-0.3, -0.25) is 0 Å². The summed E-state index contributed by atoms with van der Waals surface area (Å²) in [5, 5.41) is 0. The van der Waals surface area contributed by atoms with Gasteiger partial charge in [-0.2, -0.15) is 0 Å². The average Bonchev–Trinajstić information content (AvgIpc) is 2.47. The largest absolute Gasteiger partial charge is 0.0877 e. The summed E-state index contributed by atoms with van der Waals surface area (Å²) in [6.45, 7) is 12.3. The minimum atomic E-state index is 1.08. The molecule has 0 bridgehead atoms. The van der Waals surface area contributed by atoms with Crippen molar-refractivity contribution in [1.82, 2.24) is 0 Å². The molecular weight excluding hydrogens is 228 g/mol. The van der Waals surface area contributed by atoms with Gasteiger partial charge in [0.05, 0.1) is 0 Å². The van der Waals surface area contributed by atoms with Crippen molar-refractivity contribution in [2.45, 2.75) is 48.0 Å². The minimum Gasteiger partial charge on any atom is -0.0877 e. The molecule has 0 nitrogen and oxygen atoms in total. The number of allylic oxidation sites excluding steroid dienone is 12. The maximum atomic E-state index is 2.15. The zero-order valence-electron chi connectivity index (χ0n) is 13.5. The van der Waals surface area contributed by atoms with Crippen LogP contribution in [0, 0.1) is 0 Å². The van der Waals surface area contributed by atoms with Gasteiger partial charge in [0.25, 0.3) is 0 Å². The molecule has 19 heavy (non-hydrogen) atoms. The fourth-order valence-electron chi connectivity index (χ4n) is 1.36. The van der Waals surface area contributed by atoms with Crippen LogP contribution in [-0.2, 0) is 0 Å². The highest BCUT2D eigenvalue weighted by molar-refractivity contribution is 5.47. The van der Waals surface area contributed by atoms with Crippen LogP contribution in [0.3, 0.4) is 0 Å². The van der Waals surface area contributed by atoms with Crippen LogP contribution in [0.1, 0.15) is 48.0 Å². The van der Waals surface area contributed by atoms with Crippen molar-refractivity contribution in [1.29, 1.82) is 0 Å². The van der Waals surface area contributed by atoms with Crippen LogP contribution < -0.4 is 0 Å². The van der Waals surface area contributed by atoms with E-state index >= 15 is 0 Å². The van der Waals surface area contributed by atoms with E-state index in [-0.39, 0.29) is 0 Å². The van der Waals surface area contributed by atoms with Gasteiger partial charge in [-0.05, 0) is 38.3 Å². The van der Waals surface area contributed by atoms with Crippen molar-refractivity contribution in [2.75, 3.05) is 0 Å². The third-order valence-electron chi connectivity index (χ3n) is 2.29. The highest BCUT2D eigenvalue weighted by Crippen LogP contribution is 2.13. The summed E-state index contributed by atoms with van der Waals surface area (Å²) in [4.78, 5) is 0. The predicted molar refractivity (Wildman–Crippen MR) is 91.4 cm³/mol. The van der Waals surface area contributed by atoms with Gasteiger partial charge in [0.2, 0.25) is 0 Å². The molecule has 0 saturated carbocycles. The van der Waals surface area contributed by atoms with E-state index < -0.39 is 0 Å². The van der Waals surface area contributed by atoms with Crippen LogP contribution in [-0.4, -0.2) is 0 Å². The monoisotopic (exact) mass is 258 g/mol. The second-order valence-electron chi connectivity index (χ2n) is 3.57. The summed E-state index contributed by atoms with van der Waals surface area (Å²) < 4.78 is 0. The third kappa shape index (κ3) is 11.3. The SMILES string of the molecule is CC.C\C=C/C=C\C(=C/C)C(\C=C/C=C\CC)=C\C. The molecule has 0 aliphatic rings. The van der Waals surface area contributed by atoms with Gasteiger partial charge in [0.1, 0.15) is 0 Å². The number of hydrogen-bond acceptors (Lipinski definition) is 0. The molecule has 106 valence electrons. The van der Waals surface area contributed by atoms with Gasteiger partial charge in [-0.15, -0.1) is 0 Å². The molecule has 0 N–H and O–H groups in total. The maximum absolute atomic E-state index is 2.15. The van der Waals surface area contributed by atoms with E-state index in [1.54, 1.807) is 0 Å². The summed E-state index contributed by atoms with van der Waals surface area (Å²) in [6, 6.07) is 0. The van der Waals surface area contributed by atoms with Gasteiger partial charge in [0.15, 0.2) is 0 Å². The van der Waals surface area contributed by atoms with E-state index in [1.165, 1.54) is 11.1 Å². The van der Waals surface area contributed by atoms with E-state index in [2.05, 4.69) is 69.4 Å². The van der Waals surface area contributed by atoms with Gasteiger partial charge in [0, 0.05) is 0 Å². The van der Waals surface area contributed by atoms with Crippen LogP contribution in [0.5, 0.6) is 0 Å². The highest BCUT2D eigenvalue weighted by Gasteiger charge is 1.93. The molecule has 0 heterocycles. The van der Waals surface area contributed by atoms with Crippen molar-refractivity contribution in [2.24, 2.45) is 0 Å². The summed E-state index contributed by atoms with van der Waals surface area (Å²) in [6.07, 6.45) is 22.1. The number of hydrogen-bond donors (Lipinski definition) is 0. The Balaban J connectivity index is 0. The lowest BCUT2D eigenvalue weighted by Gasteiger charge is -2.01. The first-order chi connectivity index (χ1) is 9.29. The molecule has 0 fully saturated rings. The van der Waals surface area contributed by atoms with Crippen molar-refractivity contribution < 1.29 is 0 Å². The lowest BCUT2D eigenvalue weighted by molar-refractivity contribution is 1.22. The second-order valence-corrected chi connectivity index (χ2v) is 3.57. The average molecular weight is 258 g/mol. The zero-order chi connectivity index (χ0) is 14.9. The Morgan fingerprint density at radius 1 is 0.737 bits per heavy atom. The van der Waals surface area contributed by atoms with Crippen molar-refractivity contribution in [3.05, 3.63) is 71.9 Å². The molecular formula is C19H30. The molecule has 0 amide bonds. The standard InChI is InChI=1S/C17H24.C2H6/c1-5-9-11-13-15-17(8-4)16(7-3)14-12-10-6-2;1-2/h6-15H,5H2,1-4H3;1-2H3/b10-6-,11-9-,14-12-,15-13-,16-7+,17-8+;. The maximum Gasteiger partial charge on any atom is -0.0230 e. The predicted octanol–water partition coefficient (Wildman–Crippen LogP) is 6.56. The van der Waals surface area contributed by atoms with E-state index in [4.69, 9.17) is 0 Å². The molecule has 0 atom stereocenters. The fourth-order valence-corrected chi connectivity index (χ4v) is 1.36. The summed E-state index contributed by atoms with van der Waals surface area (Å²) >= 11 is 0. The fraction of sp³-hybridized carbons (Fsp3) is 0.368. The second kappa shape index (κ2) is 16.4. The van der Waals surface area contributed by atoms with Crippen LogP contribution in [0.2, 0.25) is 0 Å². The Kier molecular flexibility index (Phi) is 17.1. The molecule has 0 aromatic rings. The molecule has 0 aromatic carbocycles. The molecule has 0 rings (SSSR count). The molecule has 0 heteroatoms. The van der Waals surface area contributed by atoms with Gasteiger partial charge >= 0.3 is 0 Å². The Morgan fingerprint density at radius 3 is 1.58 bits per heavy atom.